The molecule has 0 fully saturated rings. The second kappa shape index (κ2) is 10.4. The zero-order chi connectivity index (χ0) is 21.3. The topological polar surface area (TPSA) is 68.8 Å². The Labute approximate surface area is 167 Å². The van der Waals surface area contributed by atoms with E-state index in [9.17, 15) is 18.0 Å². The number of hydrogen-bond donors (Lipinski definition) is 2. The van der Waals surface area contributed by atoms with E-state index in [1.54, 1.807) is 19.2 Å². The monoisotopic (exact) mass is 412 g/mol. The molecule has 0 bridgehead atoms. The standard InChI is InChI=1S/C20H23F3N2O4/c1-3-28-17-9-6-15(12-18(17)27-2)13-25-19(26)24-11-10-14-4-7-16(8-5-14)29-20(21,22)23/h4-9,12H,3,10-11,13H2,1-2H3,(H2,24,25,26). The largest absolute Gasteiger partial charge is 0.573 e. The van der Waals surface area contributed by atoms with Crippen molar-refractivity contribution in [3.05, 3.63) is 53.6 Å². The predicted octanol–water partition coefficient (Wildman–Crippen LogP) is 4.03. The average molecular weight is 412 g/mol. The van der Waals surface area contributed by atoms with Crippen LogP contribution in [-0.2, 0) is 13.0 Å². The fourth-order valence-electron chi connectivity index (χ4n) is 2.52. The van der Waals surface area contributed by atoms with E-state index in [0.717, 1.165) is 11.1 Å². The van der Waals surface area contributed by atoms with Crippen molar-refractivity contribution >= 4 is 6.03 Å². The minimum atomic E-state index is -4.71. The molecule has 6 nitrogen and oxygen atoms in total. The van der Waals surface area contributed by atoms with E-state index in [2.05, 4.69) is 15.4 Å². The van der Waals surface area contributed by atoms with E-state index in [-0.39, 0.29) is 11.8 Å². The Balaban J connectivity index is 1.75. The maximum Gasteiger partial charge on any atom is 0.573 e. The van der Waals surface area contributed by atoms with Crippen LogP contribution >= 0.6 is 0 Å². The molecule has 0 unspecified atom stereocenters. The molecule has 2 N–H and O–H groups in total. The van der Waals surface area contributed by atoms with E-state index in [4.69, 9.17) is 9.47 Å². The minimum absolute atomic E-state index is 0.280. The van der Waals surface area contributed by atoms with Crippen LogP contribution in [0.3, 0.4) is 0 Å². The molecule has 0 radical (unpaired) electrons. The van der Waals surface area contributed by atoms with Crippen LogP contribution in [0.25, 0.3) is 0 Å². The molecule has 2 amide bonds. The van der Waals surface area contributed by atoms with Crippen LogP contribution in [0.5, 0.6) is 17.2 Å². The highest BCUT2D eigenvalue weighted by molar-refractivity contribution is 5.73. The van der Waals surface area contributed by atoms with Gasteiger partial charge in [0.2, 0.25) is 0 Å². The lowest BCUT2D eigenvalue weighted by Crippen LogP contribution is -2.36. The summed E-state index contributed by atoms with van der Waals surface area (Å²) in [4.78, 5) is 11.9. The van der Waals surface area contributed by atoms with Gasteiger partial charge in [0.15, 0.2) is 11.5 Å². The van der Waals surface area contributed by atoms with Crippen molar-refractivity contribution in [3.8, 4) is 17.2 Å². The summed E-state index contributed by atoms with van der Waals surface area (Å²) in [5.41, 5.74) is 1.62. The molecular weight excluding hydrogens is 389 g/mol. The lowest BCUT2D eigenvalue weighted by molar-refractivity contribution is -0.274. The summed E-state index contributed by atoms with van der Waals surface area (Å²) in [5, 5.41) is 5.43. The molecule has 9 heteroatoms. The maximum atomic E-state index is 12.1. The van der Waals surface area contributed by atoms with Crippen LogP contribution in [0, 0.1) is 0 Å². The van der Waals surface area contributed by atoms with Gasteiger partial charge >= 0.3 is 12.4 Å². The molecule has 2 aromatic rings. The average Bonchev–Trinajstić information content (AvgIpc) is 2.67. The highest BCUT2D eigenvalue weighted by Crippen LogP contribution is 2.28. The van der Waals surface area contributed by atoms with Gasteiger partial charge in [-0.15, -0.1) is 13.2 Å². The molecule has 0 heterocycles. The first-order chi connectivity index (χ1) is 13.8. The number of ether oxygens (including phenoxy) is 3. The molecule has 0 aliphatic rings. The van der Waals surface area contributed by atoms with Gasteiger partial charge in [0.1, 0.15) is 5.75 Å². The van der Waals surface area contributed by atoms with E-state index in [0.29, 0.717) is 37.6 Å². The van der Waals surface area contributed by atoms with Gasteiger partial charge in [0.25, 0.3) is 0 Å². The Morgan fingerprint density at radius 2 is 1.69 bits per heavy atom. The van der Waals surface area contributed by atoms with Crippen LogP contribution in [0.2, 0.25) is 0 Å². The summed E-state index contributed by atoms with van der Waals surface area (Å²) >= 11 is 0. The van der Waals surface area contributed by atoms with Crippen molar-refractivity contribution in [1.29, 1.82) is 0 Å². The number of carbonyl (C=O) groups is 1. The number of carbonyl (C=O) groups excluding carboxylic acids is 1. The van der Waals surface area contributed by atoms with E-state index >= 15 is 0 Å². The van der Waals surface area contributed by atoms with Crippen LogP contribution in [0.1, 0.15) is 18.1 Å². The number of alkyl halides is 3. The highest BCUT2D eigenvalue weighted by Gasteiger charge is 2.30. The third-order valence-electron chi connectivity index (χ3n) is 3.84. The third-order valence-corrected chi connectivity index (χ3v) is 3.84. The SMILES string of the molecule is CCOc1ccc(CNC(=O)NCCc2ccc(OC(F)(F)F)cc2)cc1OC. The molecule has 0 saturated carbocycles. The first-order valence-electron chi connectivity index (χ1n) is 8.97. The fraction of sp³-hybridized carbons (Fsp3) is 0.350. The normalized spacial score (nSPS) is 10.9. The molecule has 2 rings (SSSR count). The van der Waals surface area contributed by atoms with Crippen molar-refractivity contribution in [2.75, 3.05) is 20.3 Å². The van der Waals surface area contributed by atoms with Crippen LogP contribution in [-0.4, -0.2) is 32.7 Å². The van der Waals surface area contributed by atoms with Crippen LogP contribution in [0.4, 0.5) is 18.0 Å². The van der Waals surface area contributed by atoms with E-state index in [1.807, 2.05) is 13.0 Å². The molecular formula is C20H23F3N2O4. The van der Waals surface area contributed by atoms with Crippen molar-refractivity contribution < 1.29 is 32.2 Å². The van der Waals surface area contributed by atoms with Crippen molar-refractivity contribution in [3.63, 3.8) is 0 Å². The summed E-state index contributed by atoms with van der Waals surface area (Å²) in [7, 11) is 1.55. The first kappa shape index (κ1) is 22.2. The number of halogens is 3. The fourth-order valence-corrected chi connectivity index (χ4v) is 2.52. The highest BCUT2D eigenvalue weighted by atomic mass is 19.4. The molecule has 0 aliphatic heterocycles. The number of hydrogen-bond acceptors (Lipinski definition) is 4. The molecule has 2 aromatic carbocycles. The van der Waals surface area contributed by atoms with Gasteiger partial charge < -0.3 is 24.8 Å². The van der Waals surface area contributed by atoms with Crippen molar-refractivity contribution in [2.24, 2.45) is 0 Å². The third kappa shape index (κ3) is 7.81. The zero-order valence-electron chi connectivity index (χ0n) is 16.1. The summed E-state index contributed by atoms with van der Waals surface area (Å²) in [5.74, 6) is 0.942. The Morgan fingerprint density at radius 1 is 1.00 bits per heavy atom. The number of rotatable bonds is 9. The smallest absolute Gasteiger partial charge is 0.493 e. The molecule has 0 aromatic heterocycles. The van der Waals surface area contributed by atoms with E-state index < -0.39 is 6.36 Å². The number of benzene rings is 2. The summed E-state index contributed by atoms with van der Waals surface area (Å²) in [6.45, 7) is 3.04. The summed E-state index contributed by atoms with van der Waals surface area (Å²) in [6.07, 6.45) is -4.24. The number of methoxy groups -OCH3 is 1. The van der Waals surface area contributed by atoms with Crippen molar-refractivity contribution in [2.45, 2.75) is 26.3 Å². The predicted molar refractivity (Wildman–Crippen MR) is 101 cm³/mol. The molecule has 0 spiro atoms. The van der Waals surface area contributed by atoms with Gasteiger partial charge in [0.05, 0.1) is 13.7 Å². The van der Waals surface area contributed by atoms with Gasteiger partial charge in [0, 0.05) is 13.1 Å². The van der Waals surface area contributed by atoms with Crippen molar-refractivity contribution in [1.82, 2.24) is 10.6 Å². The molecule has 0 aliphatic carbocycles. The summed E-state index contributed by atoms with van der Waals surface area (Å²) in [6, 6.07) is 10.6. The van der Waals surface area contributed by atoms with Gasteiger partial charge in [-0.05, 0) is 48.7 Å². The Morgan fingerprint density at radius 3 is 2.31 bits per heavy atom. The van der Waals surface area contributed by atoms with Crippen LogP contribution in [0.15, 0.2) is 42.5 Å². The van der Waals surface area contributed by atoms with E-state index in [1.165, 1.54) is 24.3 Å². The van der Waals surface area contributed by atoms with Crippen LogP contribution < -0.4 is 24.8 Å². The molecule has 0 atom stereocenters. The first-order valence-corrected chi connectivity index (χ1v) is 8.97. The lowest BCUT2D eigenvalue weighted by atomic mass is 10.1. The maximum absolute atomic E-state index is 12.1. The molecule has 0 saturated heterocycles. The van der Waals surface area contributed by atoms with Gasteiger partial charge in [-0.25, -0.2) is 4.79 Å². The number of amides is 2. The van der Waals surface area contributed by atoms with Gasteiger partial charge in [-0.1, -0.05) is 18.2 Å². The number of nitrogens with one attached hydrogen (secondary N) is 2. The number of urea groups is 1. The Hall–Kier alpha value is -3.10. The zero-order valence-corrected chi connectivity index (χ0v) is 16.1. The lowest BCUT2D eigenvalue weighted by Gasteiger charge is -2.12. The minimum Gasteiger partial charge on any atom is -0.493 e. The second-order valence-electron chi connectivity index (χ2n) is 5.97. The molecule has 29 heavy (non-hydrogen) atoms. The van der Waals surface area contributed by atoms with Gasteiger partial charge in [-0.2, -0.15) is 0 Å². The second-order valence-corrected chi connectivity index (χ2v) is 5.97. The van der Waals surface area contributed by atoms with Gasteiger partial charge in [-0.3, -0.25) is 0 Å². The Kier molecular flexibility index (Phi) is 7.99. The molecule has 158 valence electrons. The quantitative estimate of drug-likeness (QED) is 0.653. The summed E-state index contributed by atoms with van der Waals surface area (Å²) < 4.78 is 50.9. The Bertz CT molecular complexity index is 795.